The van der Waals surface area contributed by atoms with Crippen molar-refractivity contribution in [3.8, 4) is 0 Å². The zero-order valence-corrected chi connectivity index (χ0v) is 10.6. The molecule has 0 aromatic rings. The van der Waals surface area contributed by atoms with E-state index in [0.717, 1.165) is 12.8 Å². The molecule has 1 unspecified atom stereocenters. The summed E-state index contributed by atoms with van der Waals surface area (Å²) >= 11 is 0. The fraction of sp³-hybridized carbons (Fsp3) is 0.833. The van der Waals surface area contributed by atoms with Gasteiger partial charge in [0.05, 0.1) is 0 Å². The lowest BCUT2D eigenvalue weighted by molar-refractivity contribution is -0.140. The largest absolute Gasteiger partial charge is 0.396 e. The van der Waals surface area contributed by atoms with Crippen molar-refractivity contribution in [2.75, 3.05) is 19.7 Å². The van der Waals surface area contributed by atoms with Crippen LogP contribution in [0.5, 0.6) is 0 Å². The van der Waals surface area contributed by atoms with E-state index in [1.54, 1.807) is 4.90 Å². The molecule has 1 fully saturated rings. The molecule has 1 atom stereocenters. The Labute approximate surface area is 102 Å². The molecule has 0 aliphatic carbocycles. The highest BCUT2D eigenvalue weighted by Gasteiger charge is 2.34. The van der Waals surface area contributed by atoms with Crippen molar-refractivity contribution < 1.29 is 14.7 Å². The SMILES string of the molecule is CC(C)C(=O)N1CCCC1C(=O)NCCCO. The fourth-order valence-electron chi connectivity index (χ4n) is 2.04. The maximum absolute atomic E-state index is 11.9. The predicted octanol–water partition coefficient (Wildman–Crippen LogP) is 0.132. The van der Waals surface area contributed by atoms with Gasteiger partial charge in [-0.15, -0.1) is 0 Å². The van der Waals surface area contributed by atoms with Crippen LogP contribution >= 0.6 is 0 Å². The molecule has 0 saturated carbocycles. The molecule has 1 saturated heterocycles. The van der Waals surface area contributed by atoms with E-state index in [9.17, 15) is 9.59 Å². The number of hydrogen-bond donors (Lipinski definition) is 2. The molecule has 0 radical (unpaired) electrons. The molecule has 1 aliphatic heterocycles. The predicted molar refractivity (Wildman–Crippen MR) is 64.3 cm³/mol. The van der Waals surface area contributed by atoms with Crippen molar-refractivity contribution in [3.05, 3.63) is 0 Å². The molecule has 1 rings (SSSR count). The monoisotopic (exact) mass is 242 g/mol. The van der Waals surface area contributed by atoms with Gasteiger partial charge in [-0.05, 0) is 19.3 Å². The van der Waals surface area contributed by atoms with Gasteiger partial charge >= 0.3 is 0 Å². The van der Waals surface area contributed by atoms with Gasteiger partial charge in [-0.2, -0.15) is 0 Å². The number of likely N-dealkylation sites (tertiary alicyclic amines) is 1. The average molecular weight is 242 g/mol. The fourth-order valence-corrected chi connectivity index (χ4v) is 2.04. The maximum atomic E-state index is 11.9. The number of nitrogens with zero attached hydrogens (tertiary/aromatic N) is 1. The highest BCUT2D eigenvalue weighted by molar-refractivity contribution is 5.88. The first-order valence-corrected chi connectivity index (χ1v) is 6.27. The first-order chi connectivity index (χ1) is 8.07. The number of aliphatic hydroxyl groups excluding tert-OH is 1. The van der Waals surface area contributed by atoms with Crippen LogP contribution < -0.4 is 5.32 Å². The minimum atomic E-state index is -0.316. The molecule has 5 heteroatoms. The molecule has 2 amide bonds. The lowest BCUT2D eigenvalue weighted by Crippen LogP contribution is -2.47. The Hall–Kier alpha value is -1.10. The number of aliphatic hydroxyl groups is 1. The molecular formula is C12H22N2O3. The molecule has 17 heavy (non-hydrogen) atoms. The Morgan fingerprint density at radius 2 is 2.18 bits per heavy atom. The van der Waals surface area contributed by atoms with Crippen LogP contribution in [0.4, 0.5) is 0 Å². The van der Waals surface area contributed by atoms with Crippen molar-refractivity contribution in [2.45, 2.75) is 39.2 Å². The van der Waals surface area contributed by atoms with Crippen molar-refractivity contribution in [1.29, 1.82) is 0 Å². The lowest BCUT2D eigenvalue weighted by Gasteiger charge is -2.25. The minimum absolute atomic E-state index is 0.0461. The number of carbonyl (C=O) groups excluding carboxylic acids is 2. The van der Waals surface area contributed by atoms with Gasteiger partial charge in [0.2, 0.25) is 11.8 Å². The van der Waals surface area contributed by atoms with Crippen molar-refractivity contribution in [1.82, 2.24) is 10.2 Å². The van der Waals surface area contributed by atoms with Crippen molar-refractivity contribution >= 4 is 11.8 Å². The molecule has 5 nitrogen and oxygen atoms in total. The van der Waals surface area contributed by atoms with Gasteiger partial charge in [0.1, 0.15) is 6.04 Å². The summed E-state index contributed by atoms with van der Waals surface area (Å²) in [4.78, 5) is 25.4. The first-order valence-electron chi connectivity index (χ1n) is 6.27. The van der Waals surface area contributed by atoms with E-state index in [0.29, 0.717) is 19.5 Å². The van der Waals surface area contributed by atoms with Crippen LogP contribution in [0.2, 0.25) is 0 Å². The molecule has 0 aromatic heterocycles. The number of carbonyl (C=O) groups is 2. The van der Waals surface area contributed by atoms with E-state index in [1.165, 1.54) is 0 Å². The van der Waals surface area contributed by atoms with E-state index < -0.39 is 0 Å². The quantitative estimate of drug-likeness (QED) is 0.673. The van der Waals surface area contributed by atoms with E-state index >= 15 is 0 Å². The zero-order valence-electron chi connectivity index (χ0n) is 10.6. The summed E-state index contributed by atoms with van der Waals surface area (Å²) in [6.07, 6.45) is 2.18. The topological polar surface area (TPSA) is 69.6 Å². The third kappa shape index (κ3) is 3.70. The van der Waals surface area contributed by atoms with Crippen LogP contribution in [-0.2, 0) is 9.59 Å². The second-order valence-corrected chi connectivity index (χ2v) is 4.71. The smallest absolute Gasteiger partial charge is 0.242 e. The van der Waals surface area contributed by atoms with Crippen molar-refractivity contribution in [2.24, 2.45) is 5.92 Å². The van der Waals surface area contributed by atoms with Crippen LogP contribution in [0.25, 0.3) is 0 Å². The highest BCUT2D eigenvalue weighted by Crippen LogP contribution is 2.19. The van der Waals surface area contributed by atoms with Gasteiger partial charge < -0.3 is 15.3 Å². The van der Waals surface area contributed by atoms with Crippen LogP contribution in [0.15, 0.2) is 0 Å². The van der Waals surface area contributed by atoms with Gasteiger partial charge in [-0.25, -0.2) is 0 Å². The summed E-state index contributed by atoms with van der Waals surface area (Å²) in [7, 11) is 0. The summed E-state index contributed by atoms with van der Waals surface area (Å²) in [5.74, 6) is -0.115. The van der Waals surface area contributed by atoms with Crippen LogP contribution in [0.1, 0.15) is 33.1 Å². The lowest BCUT2D eigenvalue weighted by atomic mass is 10.1. The van der Waals surface area contributed by atoms with Gasteiger partial charge in [0.15, 0.2) is 0 Å². The van der Waals surface area contributed by atoms with Gasteiger partial charge in [0, 0.05) is 25.6 Å². The standard InChI is InChI=1S/C12H22N2O3/c1-9(2)12(17)14-7-3-5-10(14)11(16)13-6-4-8-15/h9-10,15H,3-8H2,1-2H3,(H,13,16). The third-order valence-electron chi connectivity index (χ3n) is 2.97. The molecule has 0 aromatic carbocycles. The number of nitrogens with one attached hydrogen (secondary N) is 1. The van der Waals surface area contributed by atoms with Crippen LogP contribution in [0.3, 0.4) is 0 Å². The van der Waals surface area contributed by atoms with Gasteiger partial charge in [0.25, 0.3) is 0 Å². The molecule has 2 N–H and O–H groups in total. The Kier molecular flexibility index (Phi) is 5.41. The van der Waals surface area contributed by atoms with Crippen LogP contribution in [-0.4, -0.2) is 47.6 Å². The summed E-state index contributed by atoms with van der Waals surface area (Å²) in [5.41, 5.74) is 0. The Morgan fingerprint density at radius 1 is 1.47 bits per heavy atom. The Morgan fingerprint density at radius 3 is 2.76 bits per heavy atom. The number of hydrogen-bond acceptors (Lipinski definition) is 3. The van der Waals surface area contributed by atoms with E-state index in [2.05, 4.69) is 5.32 Å². The molecule has 0 bridgehead atoms. The number of rotatable bonds is 5. The number of amides is 2. The molecule has 0 spiro atoms. The van der Waals surface area contributed by atoms with E-state index in [4.69, 9.17) is 5.11 Å². The average Bonchev–Trinajstić information content (AvgIpc) is 2.76. The zero-order chi connectivity index (χ0) is 12.8. The van der Waals surface area contributed by atoms with Gasteiger partial charge in [-0.3, -0.25) is 9.59 Å². The summed E-state index contributed by atoms with van der Waals surface area (Å²) < 4.78 is 0. The van der Waals surface area contributed by atoms with Crippen molar-refractivity contribution in [3.63, 3.8) is 0 Å². The maximum Gasteiger partial charge on any atom is 0.242 e. The summed E-state index contributed by atoms with van der Waals surface area (Å²) in [6, 6.07) is -0.316. The normalized spacial score (nSPS) is 19.8. The molecule has 1 aliphatic rings. The summed E-state index contributed by atoms with van der Waals surface area (Å²) in [6.45, 7) is 4.91. The second-order valence-electron chi connectivity index (χ2n) is 4.71. The minimum Gasteiger partial charge on any atom is -0.396 e. The van der Waals surface area contributed by atoms with E-state index in [1.807, 2.05) is 13.8 Å². The Bertz CT molecular complexity index is 279. The van der Waals surface area contributed by atoms with Gasteiger partial charge in [-0.1, -0.05) is 13.8 Å². The highest BCUT2D eigenvalue weighted by atomic mass is 16.3. The van der Waals surface area contributed by atoms with E-state index in [-0.39, 0.29) is 30.4 Å². The second kappa shape index (κ2) is 6.59. The third-order valence-corrected chi connectivity index (χ3v) is 2.97. The first kappa shape index (κ1) is 14.0. The summed E-state index contributed by atoms with van der Waals surface area (Å²) in [5, 5.41) is 11.4. The molecular weight excluding hydrogens is 220 g/mol. The van der Waals surface area contributed by atoms with Crippen LogP contribution in [0, 0.1) is 5.92 Å². The molecule has 1 heterocycles. The Balaban J connectivity index is 2.51. The molecule has 98 valence electrons.